The number of carbonyl (C=O) groups excluding carboxylic acids is 2. The highest BCUT2D eigenvalue weighted by Gasteiger charge is 2.52. The Morgan fingerprint density at radius 2 is 1.95 bits per heavy atom. The quantitative estimate of drug-likeness (QED) is 0.683. The molecule has 5 atom stereocenters. The molecule has 2 aliphatic carbocycles. The average Bonchev–Trinajstić information content (AvgIpc) is 2.46. The number of hydrogen-bond acceptors (Lipinski definition) is 4. The number of ether oxygens (including phenoxy) is 2. The molecule has 2 saturated heterocycles. The number of hydrogen-bond donors (Lipinski definition) is 0. The maximum absolute atomic E-state index is 12.1. The summed E-state index contributed by atoms with van der Waals surface area (Å²) in [7, 11) is 0. The molecule has 4 nitrogen and oxygen atoms in total. The maximum atomic E-state index is 12.1. The molecule has 0 aromatic carbocycles. The Bertz CT molecular complexity index is 409. The van der Waals surface area contributed by atoms with Gasteiger partial charge in [-0.05, 0) is 52.4 Å². The van der Waals surface area contributed by atoms with Gasteiger partial charge in [-0.2, -0.15) is 0 Å². The third-order valence-electron chi connectivity index (χ3n) is 4.69. The van der Waals surface area contributed by atoms with E-state index >= 15 is 0 Å². The number of rotatable bonds is 1. The second kappa shape index (κ2) is 4.22. The average molecular weight is 266 g/mol. The van der Waals surface area contributed by atoms with Crippen LogP contribution in [-0.4, -0.2) is 24.1 Å². The van der Waals surface area contributed by atoms with Gasteiger partial charge in [0.15, 0.2) is 0 Å². The van der Waals surface area contributed by atoms with Crippen LogP contribution in [0.1, 0.15) is 46.5 Å². The normalized spacial score (nSPS) is 40.8. The predicted molar refractivity (Wildman–Crippen MR) is 68.2 cm³/mol. The molecular formula is C15H22O4. The first-order valence-corrected chi connectivity index (χ1v) is 7.26. The van der Waals surface area contributed by atoms with Crippen LogP contribution in [0.4, 0.5) is 0 Å². The minimum atomic E-state index is -0.506. The highest BCUT2D eigenvalue weighted by atomic mass is 16.6. The zero-order valence-corrected chi connectivity index (χ0v) is 11.8. The molecule has 2 aliphatic heterocycles. The summed E-state index contributed by atoms with van der Waals surface area (Å²) < 4.78 is 11.2. The monoisotopic (exact) mass is 266 g/mol. The third kappa shape index (κ3) is 2.26. The van der Waals surface area contributed by atoms with E-state index in [0.717, 1.165) is 25.7 Å². The smallest absolute Gasteiger partial charge is 0.311 e. The second-order valence-corrected chi connectivity index (χ2v) is 7.36. The van der Waals surface area contributed by atoms with Crippen molar-refractivity contribution in [2.24, 2.45) is 23.2 Å². The molecule has 2 heterocycles. The van der Waals surface area contributed by atoms with E-state index in [2.05, 4.69) is 0 Å². The van der Waals surface area contributed by atoms with E-state index in [1.807, 2.05) is 20.8 Å². The first-order valence-electron chi connectivity index (χ1n) is 7.26. The van der Waals surface area contributed by atoms with Crippen LogP contribution in [0.15, 0.2) is 0 Å². The molecule has 0 radical (unpaired) electrons. The summed E-state index contributed by atoms with van der Waals surface area (Å²) in [5.74, 6) is 0.643. The first-order chi connectivity index (χ1) is 8.84. The predicted octanol–water partition coefficient (Wildman–Crippen LogP) is 2.31. The Kier molecular flexibility index (Phi) is 2.88. The minimum absolute atomic E-state index is 0.0343. The van der Waals surface area contributed by atoms with Gasteiger partial charge in [-0.1, -0.05) is 0 Å². The van der Waals surface area contributed by atoms with Crippen LogP contribution in [0.3, 0.4) is 0 Å². The van der Waals surface area contributed by atoms with Crippen molar-refractivity contribution in [1.82, 2.24) is 0 Å². The van der Waals surface area contributed by atoms with Gasteiger partial charge < -0.3 is 9.47 Å². The molecule has 106 valence electrons. The van der Waals surface area contributed by atoms with Crippen molar-refractivity contribution >= 4 is 11.9 Å². The van der Waals surface area contributed by atoms with E-state index in [0.29, 0.717) is 11.8 Å². The van der Waals surface area contributed by atoms with Gasteiger partial charge in [0.05, 0.1) is 11.3 Å². The minimum Gasteiger partial charge on any atom is -0.458 e. The molecule has 0 N–H and O–H groups in total. The molecule has 5 unspecified atom stereocenters. The first kappa shape index (κ1) is 12.9. The van der Waals surface area contributed by atoms with Crippen LogP contribution in [-0.2, 0) is 19.1 Å². The summed E-state index contributed by atoms with van der Waals surface area (Å²) in [4.78, 5) is 24.0. The Labute approximate surface area is 113 Å². The summed E-state index contributed by atoms with van der Waals surface area (Å²) in [6, 6.07) is 0. The largest absolute Gasteiger partial charge is 0.458 e. The van der Waals surface area contributed by atoms with Gasteiger partial charge in [0, 0.05) is 5.92 Å². The lowest BCUT2D eigenvalue weighted by Gasteiger charge is -2.42. The lowest BCUT2D eigenvalue weighted by atomic mass is 9.67. The third-order valence-corrected chi connectivity index (χ3v) is 4.69. The molecule has 4 aliphatic rings. The molecule has 2 saturated carbocycles. The molecule has 0 aromatic rings. The van der Waals surface area contributed by atoms with E-state index in [1.54, 1.807) is 0 Å². The van der Waals surface area contributed by atoms with Crippen LogP contribution in [0.5, 0.6) is 0 Å². The molecule has 4 fully saturated rings. The summed E-state index contributed by atoms with van der Waals surface area (Å²) in [6.45, 7) is 5.56. The van der Waals surface area contributed by atoms with Crippen LogP contribution >= 0.6 is 0 Å². The van der Waals surface area contributed by atoms with Gasteiger partial charge in [0.1, 0.15) is 12.2 Å². The molecule has 0 spiro atoms. The number of carbonyl (C=O) groups is 2. The van der Waals surface area contributed by atoms with E-state index in [4.69, 9.17) is 9.47 Å². The van der Waals surface area contributed by atoms with Crippen LogP contribution in [0, 0.1) is 23.2 Å². The van der Waals surface area contributed by atoms with Crippen molar-refractivity contribution in [3.63, 3.8) is 0 Å². The Morgan fingerprint density at radius 1 is 1.21 bits per heavy atom. The summed E-state index contributed by atoms with van der Waals surface area (Å²) in [5.41, 5.74) is -0.506. The Hall–Kier alpha value is -1.06. The Balaban J connectivity index is 1.80. The summed E-state index contributed by atoms with van der Waals surface area (Å²) in [6.07, 6.45) is 3.29. The topological polar surface area (TPSA) is 52.6 Å². The number of fused-ring (bicyclic) bond motifs is 1. The van der Waals surface area contributed by atoms with Gasteiger partial charge in [0.25, 0.3) is 0 Å². The molecule has 4 heteroatoms. The van der Waals surface area contributed by atoms with Crippen LogP contribution in [0.25, 0.3) is 0 Å². The molecule has 4 rings (SSSR count). The zero-order valence-electron chi connectivity index (χ0n) is 11.8. The molecule has 19 heavy (non-hydrogen) atoms. The molecule has 4 bridgehead atoms. The SMILES string of the molecule is CC(C)(C)C(=O)OC1C2CC3CC(C2)C(=O)OC1C3. The molecule has 0 aromatic heterocycles. The van der Waals surface area contributed by atoms with E-state index < -0.39 is 5.41 Å². The van der Waals surface area contributed by atoms with Gasteiger partial charge >= 0.3 is 11.9 Å². The van der Waals surface area contributed by atoms with Crippen LogP contribution < -0.4 is 0 Å². The molecule has 0 amide bonds. The van der Waals surface area contributed by atoms with Gasteiger partial charge in [-0.25, -0.2) is 0 Å². The fourth-order valence-electron chi connectivity index (χ4n) is 3.74. The summed E-state index contributed by atoms with van der Waals surface area (Å²) in [5, 5.41) is 0. The second-order valence-electron chi connectivity index (χ2n) is 7.36. The fraction of sp³-hybridized carbons (Fsp3) is 0.867. The zero-order chi connectivity index (χ0) is 13.8. The van der Waals surface area contributed by atoms with Gasteiger partial charge in [0.2, 0.25) is 0 Å². The van der Waals surface area contributed by atoms with Crippen molar-refractivity contribution in [2.75, 3.05) is 0 Å². The van der Waals surface area contributed by atoms with Crippen molar-refractivity contribution in [1.29, 1.82) is 0 Å². The lowest BCUT2D eigenvalue weighted by molar-refractivity contribution is -0.179. The van der Waals surface area contributed by atoms with Gasteiger partial charge in [-0.15, -0.1) is 0 Å². The van der Waals surface area contributed by atoms with Crippen molar-refractivity contribution in [3.05, 3.63) is 0 Å². The lowest BCUT2D eigenvalue weighted by Crippen LogP contribution is -2.46. The van der Waals surface area contributed by atoms with Crippen molar-refractivity contribution in [2.45, 2.75) is 58.7 Å². The van der Waals surface area contributed by atoms with E-state index in [1.165, 1.54) is 0 Å². The fourth-order valence-corrected chi connectivity index (χ4v) is 3.74. The standard InChI is InChI=1S/C15H22O4/c1-15(2,3)14(17)19-12-9-4-8-5-10(7-9)13(16)18-11(12)6-8/h8-12H,4-7H2,1-3H3. The van der Waals surface area contributed by atoms with Crippen molar-refractivity contribution < 1.29 is 19.1 Å². The molecular weight excluding hydrogens is 244 g/mol. The van der Waals surface area contributed by atoms with Gasteiger partial charge in [-0.3, -0.25) is 9.59 Å². The Morgan fingerprint density at radius 3 is 2.63 bits per heavy atom. The number of esters is 2. The van der Waals surface area contributed by atoms with E-state index in [9.17, 15) is 9.59 Å². The van der Waals surface area contributed by atoms with E-state index in [-0.39, 0.29) is 30.1 Å². The highest BCUT2D eigenvalue weighted by molar-refractivity contribution is 5.76. The van der Waals surface area contributed by atoms with Crippen molar-refractivity contribution in [3.8, 4) is 0 Å². The summed E-state index contributed by atoms with van der Waals surface area (Å²) >= 11 is 0. The highest BCUT2D eigenvalue weighted by Crippen LogP contribution is 2.48. The maximum Gasteiger partial charge on any atom is 0.311 e. The van der Waals surface area contributed by atoms with Crippen LogP contribution in [0.2, 0.25) is 0 Å².